The van der Waals surface area contributed by atoms with Crippen LogP contribution in [0.5, 0.6) is 0 Å². The lowest BCUT2D eigenvalue weighted by Gasteiger charge is -2.14. The summed E-state index contributed by atoms with van der Waals surface area (Å²) in [6, 6.07) is 7.56. The largest absolute Gasteiger partial charge is 0.357 e. The predicted molar refractivity (Wildman–Crippen MR) is 73.9 cm³/mol. The average Bonchev–Trinajstić information content (AvgIpc) is 2.71. The number of benzene rings is 1. The number of rotatable bonds is 2. The summed E-state index contributed by atoms with van der Waals surface area (Å²) in [6.07, 6.45) is 0.809. The van der Waals surface area contributed by atoms with Gasteiger partial charge in [-0.25, -0.2) is 9.97 Å². The summed E-state index contributed by atoms with van der Waals surface area (Å²) in [6.45, 7) is 2.70. The van der Waals surface area contributed by atoms with Crippen molar-refractivity contribution < 1.29 is 4.79 Å². The van der Waals surface area contributed by atoms with Crippen molar-refractivity contribution in [2.24, 2.45) is 0 Å². The van der Waals surface area contributed by atoms with Gasteiger partial charge in [0, 0.05) is 13.6 Å². The quantitative estimate of drug-likeness (QED) is 0.886. The lowest BCUT2D eigenvalue weighted by molar-refractivity contribution is -0.127. The Labute approximate surface area is 111 Å². The first-order chi connectivity index (χ1) is 9.15. The van der Waals surface area contributed by atoms with Crippen molar-refractivity contribution in [2.75, 3.05) is 18.9 Å². The van der Waals surface area contributed by atoms with E-state index in [-0.39, 0.29) is 11.9 Å². The van der Waals surface area contributed by atoms with Crippen LogP contribution >= 0.6 is 0 Å². The zero-order chi connectivity index (χ0) is 13.4. The third-order valence-electron chi connectivity index (χ3n) is 3.48. The van der Waals surface area contributed by atoms with Gasteiger partial charge in [-0.15, -0.1) is 0 Å². The maximum atomic E-state index is 11.9. The third kappa shape index (κ3) is 2.12. The molecule has 2 aromatic rings. The van der Waals surface area contributed by atoms with Gasteiger partial charge in [0.05, 0.1) is 16.7 Å². The maximum Gasteiger partial charge on any atom is 0.244 e. The van der Waals surface area contributed by atoms with Crippen LogP contribution in [0.2, 0.25) is 0 Å². The SMILES string of the molecule is Cc1nc2ccccc2nc1NC1CCN(C)C1=O. The van der Waals surface area contributed by atoms with Crippen LogP contribution in [0, 0.1) is 6.92 Å². The molecule has 19 heavy (non-hydrogen) atoms. The van der Waals surface area contributed by atoms with E-state index in [0.29, 0.717) is 5.82 Å². The Hall–Kier alpha value is -2.17. The second-order valence-corrected chi connectivity index (χ2v) is 4.89. The number of nitrogens with zero attached hydrogens (tertiary/aromatic N) is 3. The molecule has 1 aromatic carbocycles. The van der Waals surface area contributed by atoms with E-state index in [4.69, 9.17) is 0 Å². The molecule has 1 N–H and O–H groups in total. The van der Waals surface area contributed by atoms with Gasteiger partial charge in [0.1, 0.15) is 11.9 Å². The van der Waals surface area contributed by atoms with Crippen LogP contribution < -0.4 is 5.32 Å². The van der Waals surface area contributed by atoms with Gasteiger partial charge in [-0.1, -0.05) is 12.1 Å². The minimum atomic E-state index is -0.181. The van der Waals surface area contributed by atoms with E-state index in [2.05, 4.69) is 15.3 Å². The number of carbonyl (C=O) groups is 1. The topological polar surface area (TPSA) is 58.1 Å². The lowest BCUT2D eigenvalue weighted by atomic mass is 10.2. The molecular formula is C14H16N4O. The van der Waals surface area contributed by atoms with Gasteiger partial charge in [-0.2, -0.15) is 0 Å². The fraction of sp³-hybridized carbons (Fsp3) is 0.357. The van der Waals surface area contributed by atoms with Crippen LogP contribution in [0.4, 0.5) is 5.82 Å². The zero-order valence-electron chi connectivity index (χ0n) is 11.1. The highest BCUT2D eigenvalue weighted by Gasteiger charge is 2.29. The molecular weight excluding hydrogens is 240 g/mol. The fourth-order valence-corrected chi connectivity index (χ4v) is 2.35. The molecule has 1 unspecified atom stereocenters. The van der Waals surface area contributed by atoms with Gasteiger partial charge in [-0.3, -0.25) is 4.79 Å². The molecule has 1 fully saturated rings. The van der Waals surface area contributed by atoms with E-state index in [0.717, 1.165) is 29.7 Å². The van der Waals surface area contributed by atoms with Crippen LogP contribution in [0.1, 0.15) is 12.1 Å². The summed E-state index contributed by atoms with van der Waals surface area (Å²) < 4.78 is 0. The molecule has 0 spiro atoms. The Morgan fingerprint density at radius 2 is 1.95 bits per heavy atom. The van der Waals surface area contributed by atoms with Crippen molar-refractivity contribution in [2.45, 2.75) is 19.4 Å². The maximum absolute atomic E-state index is 11.9. The van der Waals surface area contributed by atoms with Crippen molar-refractivity contribution >= 4 is 22.8 Å². The molecule has 5 heteroatoms. The molecule has 0 saturated carbocycles. The number of hydrogen-bond donors (Lipinski definition) is 1. The van der Waals surface area contributed by atoms with E-state index < -0.39 is 0 Å². The molecule has 1 saturated heterocycles. The van der Waals surface area contributed by atoms with Crippen LogP contribution in [0.3, 0.4) is 0 Å². The molecule has 3 rings (SSSR count). The molecule has 1 aliphatic heterocycles. The van der Waals surface area contributed by atoms with Gasteiger partial charge >= 0.3 is 0 Å². The number of carbonyl (C=O) groups excluding carboxylic acids is 1. The number of nitrogens with one attached hydrogen (secondary N) is 1. The number of fused-ring (bicyclic) bond motifs is 1. The molecule has 98 valence electrons. The van der Waals surface area contributed by atoms with E-state index in [1.807, 2.05) is 38.2 Å². The van der Waals surface area contributed by atoms with Crippen molar-refractivity contribution in [1.29, 1.82) is 0 Å². The van der Waals surface area contributed by atoms with E-state index >= 15 is 0 Å². The smallest absolute Gasteiger partial charge is 0.244 e. The van der Waals surface area contributed by atoms with Crippen LogP contribution in [0.25, 0.3) is 11.0 Å². The number of para-hydroxylation sites is 2. The third-order valence-corrected chi connectivity index (χ3v) is 3.48. The van der Waals surface area contributed by atoms with Gasteiger partial charge in [0.25, 0.3) is 0 Å². The minimum Gasteiger partial charge on any atom is -0.357 e. The lowest BCUT2D eigenvalue weighted by Crippen LogP contribution is -2.31. The Bertz CT molecular complexity index is 640. The second kappa shape index (κ2) is 4.50. The molecule has 0 aliphatic carbocycles. The van der Waals surface area contributed by atoms with Crippen molar-refractivity contribution in [3.63, 3.8) is 0 Å². The first kappa shape index (κ1) is 11.9. The zero-order valence-corrected chi connectivity index (χ0v) is 11.1. The summed E-state index contributed by atoms with van der Waals surface area (Å²) in [5.41, 5.74) is 2.54. The highest BCUT2D eigenvalue weighted by Crippen LogP contribution is 2.19. The van der Waals surface area contributed by atoms with Crippen LogP contribution in [0.15, 0.2) is 24.3 Å². The Balaban J connectivity index is 1.92. The Morgan fingerprint density at radius 1 is 1.26 bits per heavy atom. The second-order valence-electron chi connectivity index (χ2n) is 4.89. The first-order valence-electron chi connectivity index (χ1n) is 6.40. The standard InChI is InChI=1S/C14H16N4O/c1-9-13(17-12-7-8-18(2)14(12)19)16-11-6-4-3-5-10(11)15-9/h3-6,12H,7-8H2,1-2H3,(H,16,17). The number of aromatic nitrogens is 2. The number of aryl methyl sites for hydroxylation is 1. The van der Waals surface area contributed by atoms with Gasteiger partial charge in [0.15, 0.2) is 0 Å². The van der Waals surface area contributed by atoms with Crippen molar-refractivity contribution in [3.05, 3.63) is 30.0 Å². The summed E-state index contributed by atoms with van der Waals surface area (Å²) in [5.74, 6) is 0.821. The van der Waals surface area contributed by atoms with Crippen molar-refractivity contribution in [3.8, 4) is 0 Å². The summed E-state index contributed by atoms with van der Waals surface area (Å²) in [5, 5.41) is 3.22. The number of hydrogen-bond acceptors (Lipinski definition) is 4. The fourth-order valence-electron chi connectivity index (χ4n) is 2.35. The van der Waals surface area contributed by atoms with Crippen molar-refractivity contribution in [1.82, 2.24) is 14.9 Å². The molecule has 1 amide bonds. The summed E-state index contributed by atoms with van der Waals surface area (Å²) >= 11 is 0. The van der Waals surface area contributed by atoms with E-state index in [1.54, 1.807) is 4.90 Å². The first-order valence-corrected chi connectivity index (χ1v) is 6.40. The molecule has 1 aromatic heterocycles. The number of anilines is 1. The average molecular weight is 256 g/mol. The molecule has 2 heterocycles. The minimum absolute atomic E-state index is 0.120. The molecule has 0 bridgehead atoms. The Kier molecular flexibility index (Phi) is 2.81. The van der Waals surface area contributed by atoms with Gasteiger partial charge < -0.3 is 10.2 Å². The molecule has 0 radical (unpaired) electrons. The van der Waals surface area contributed by atoms with Gasteiger partial charge in [-0.05, 0) is 25.5 Å². The van der Waals surface area contributed by atoms with E-state index in [9.17, 15) is 4.79 Å². The summed E-state index contributed by atoms with van der Waals surface area (Å²) in [4.78, 5) is 22.7. The molecule has 1 aliphatic rings. The highest BCUT2D eigenvalue weighted by molar-refractivity contribution is 5.86. The van der Waals surface area contributed by atoms with Crippen LogP contribution in [-0.4, -0.2) is 40.4 Å². The van der Waals surface area contributed by atoms with E-state index in [1.165, 1.54) is 0 Å². The molecule has 1 atom stereocenters. The van der Waals surface area contributed by atoms with Gasteiger partial charge in [0.2, 0.25) is 5.91 Å². The predicted octanol–water partition coefficient (Wildman–Crippen LogP) is 1.58. The number of likely N-dealkylation sites (tertiary alicyclic amines) is 1. The number of amides is 1. The normalized spacial score (nSPS) is 19.2. The molecule has 5 nitrogen and oxygen atoms in total. The summed E-state index contributed by atoms with van der Waals surface area (Å²) in [7, 11) is 1.82. The monoisotopic (exact) mass is 256 g/mol. The highest BCUT2D eigenvalue weighted by atomic mass is 16.2. The number of likely N-dealkylation sites (N-methyl/N-ethyl adjacent to an activating group) is 1. The van der Waals surface area contributed by atoms with Crippen LogP contribution in [-0.2, 0) is 4.79 Å². The Morgan fingerprint density at radius 3 is 2.58 bits per heavy atom.